The average Bonchev–Trinajstić information content (AvgIpc) is 2.24. The summed E-state index contributed by atoms with van der Waals surface area (Å²) in [5.41, 5.74) is 9.15. The van der Waals surface area contributed by atoms with Crippen LogP contribution in [-0.4, -0.2) is 24.3 Å². The fourth-order valence-corrected chi connectivity index (χ4v) is 2.05. The third kappa shape index (κ3) is 2.07. The van der Waals surface area contributed by atoms with Crippen molar-refractivity contribution in [2.45, 2.75) is 25.9 Å². The molecule has 3 heteroatoms. The van der Waals surface area contributed by atoms with Crippen LogP contribution >= 0.6 is 0 Å². The van der Waals surface area contributed by atoms with Crippen LogP contribution in [-0.2, 0) is 0 Å². The van der Waals surface area contributed by atoms with E-state index >= 15 is 0 Å². The van der Waals surface area contributed by atoms with Crippen molar-refractivity contribution in [3.63, 3.8) is 0 Å². The lowest BCUT2D eigenvalue weighted by atomic mass is 10.1. The summed E-state index contributed by atoms with van der Waals surface area (Å²) in [6, 6.07) is 6.11. The van der Waals surface area contributed by atoms with E-state index < -0.39 is 0 Å². The molecule has 0 unspecified atom stereocenters. The van der Waals surface area contributed by atoms with Crippen LogP contribution in [0.3, 0.4) is 0 Å². The van der Waals surface area contributed by atoms with Gasteiger partial charge in [-0.3, -0.25) is 0 Å². The third-order valence-corrected chi connectivity index (χ3v) is 3.11. The van der Waals surface area contributed by atoms with Crippen molar-refractivity contribution in [2.24, 2.45) is 0 Å². The number of aliphatic hydroxyl groups is 1. The predicted octanol–water partition coefficient (Wildman–Crippen LogP) is 1.54. The molecule has 0 saturated carbocycles. The Bertz CT molecular complexity index is 343. The molecule has 1 heterocycles. The highest BCUT2D eigenvalue weighted by Gasteiger charge is 2.18. The van der Waals surface area contributed by atoms with Crippen LogP contribution in [0.2, 0.25) is 0 Å². The molecule has 15 heavy (non-hydrogen) atoms. The SMILES string of the molecule is Cc1cccc(N2CCC(O)CC2)c1N. The van der Waals surface area contributed by atoms with Crippen molar-refractivity contribution in [3.05, 3.63) is 23.8 Å². The number of anilines is 2. The van der Waals surface area contributed by atoms with Gasteiger partial charge >= 0.3 is 0 Å². The molecule has 1 aromatic carbocycles. The molecule has 0 atom stereocenters. The maximum Gasteiger partial charge on any atom is 0.0602 e. The van der Waals surface area contributed by atoms with E-state index in [0.29, 0.717) is 0 Å². The number of piperidine rings is 1. The molecule has 3 nitrogen and oxygen atoms in total. The lowest BCUT2D eigenvalue weighted by Gasteiger charge is -2.32. The van der Waals surface area contributed by atoms with E-state index in [1.165, 1.54) is 0 Å². The molecule has 0 aliphatic carbocycles. The molecule has 0 bridgehead atoms. The fraction of sp³-hybridized carbons (Fsp3) is 0.500. The van der Waals surface area contributed by atoms with Gasteiger partial charge in [-0.1, -0.05) is 12.1 Å². The highest BCUT2D eigenvalue weighted by atomic mass is 16.3. The Kier molecular flexibility index (Phi) is 2.82. The number of hydrogen-bond acceptors (Lipinski definition) is 3. The van der Waals surface area contributed by atoms with E-state index in [1.807, 2.05) is 19.1 Å². The summed E-state index contributed by atoms with van der Waals surface area (Å²) in [4.78, 5) is 2.26. The molecule has 0 aromatic heterocycles. The van der Waals surface area contributed by atoms with Crippen molar-refractivity contribution in [3.8, 4) is 0 Å². The molecule has 0 spiro atoms. The number of aliphatic hydroxyl groups excluding tert-OH is 1. The first-order chi connectivity index (χ1) is 7.18. The first-order valence-corrected chi connectivity index (χ1v) is 5.46. The van der Waals surface area contributed by atoms with Crippen molar-refractivity contribution in [2.75, 3.05) is 23.7 Å². The monoisotopic (exact) mass is 206 g/mol. The second-order valence-corrected chi connectivity index (χ2v) is 4.23. The Hall–Kier alpha value is -1.22. The van der Waals surface area contributed by atoms with Gasteiger partial charge in [-0.05, 0) is 31.4 Å². The number of nitrogens with zero attached hydrogens (tertiary/aromatic N) is 1. The number of aryl methyl sites for hydroxylation is 1. The Morgan fingerprint density at radius 1 is 1.33 bits per heavy atom. The number of rotatable bonds is 1. The number of benzene rings is 1. The highest BCUT2D eigenvalue weighted by molar-refractivity contribution is 5.71. The van der Waals surface area contributed by atoms with Gasteiger partial charge in [0.1, 0.15) is 0 Å². The van der Waals surface area contributed by atoms with E-state index in [-0.39, 0.29) is 6.10 Å². The lowest BCUT2D eigenvalue weighted by Crippen LogP contribution is -2.36. The van der Waals surface area contributed by atoms with Crippen LogP contribution in [0.25, 0.3) is 0 Å². The molecule has 2 rings (SSSR count). The standard InChI is InChI=1S/C12H18N2O/c1-9-3-2-4-11(12(9)13)14-7-5-10(15)6-8-14/h2-4,10,15H,5-8,13H2,1H3. The molecule has 1 aliphatic rings. The van der Waals surface area contributed by atoms with Crippen LogP contribution in [0, 0.1) is 6.92 Å². The van der Waals surface area contributed by atoms with Crippen LogP contribution in [0.1, 0.15) is 18.4 Å². The number of para-hydroxylation sites is 1. The first-order valence-electron chi connectivity index (χ1n) is 5.46. The van der Waals surface area contributed by atoms with Crippen LogP contribution in [0.5, 0.6) is 0 Å². The minimum absolute atomic E-state index is 0.132. The summed E-state index contributed by atoms with van der Waals surface area (Å²) in [7, 11) is 0. The van der Waals surface area contributed by atoms with Gasteiger partial charge in [0, 0.05) is 13.1 Å². The van der Waals surface area contributed by atoms with Crippen molar-refractivity contribution < 1.29 is 5.11 Å². The minimum atomic E-state index is -0.132. The summed E-state index contributed by atoms with van der Waals surface area (Å²) in [5, 5.41) is 9.44. The highest BCUT2D eigenvalue weighted by Crippen LogP contribution is 2.28. The van der Waals surface area contributed by atoms with Gasteiger partial charge < -0.3 is 15.7 Å². The molecule has 0 radical (unpaired) electrons. The van der Waals surface area contributed by atoms with Crippen molar-refractivity contribution >= 4 is 11.4 Å². The third-order valence-electron chi connectivity index (χ3n) is 3.11. The molecule has 1 fully saturated rings. The quantitative estimate of drug-likeness (QED) is 0.685. The van der Waals surface area contributed by atoms with Crippen LogP contribution in [0.15, 0.2) is 18.2 Å². The van der Waals surface area contributed by atoms with E-state index in [9.17, 15) is 5.11 Å². The number of nitrogens with two attached hydrogens (primary N) is 1. The second kappa shape index (κ2) is 4.11. The summed E-state index contributed by atoms with van der Waals surface area (Å²) >= 11 is 0. The zero-order valence-electron chi connectivity index (χ0n) is 9.11. The zero-order chi connectivity index (χ0) is 10.8. The molecular formula is C12H18N2O. The number of hydrogen-bond donors (Lipinski definition) is 2. The van der Waals surface area contributed by atoms with Gasteiger partial charge in [0.2, 0.25) is 0 Å². The summed E-state index contributed by atoms with van der Waals surface area (Å²) in [6.07, 6.45) is 1.55. The Balaban J connectivity index is 2.19. The lowest BCUT2D eigenvalue weighted by molar-refractivity contribution is 0.145. The smallest absolute Gasteiger partial charge is 0.0602 e. The molecule has 1 saturated heterocycles. The van der Waals surface area contributed by atoms with Crippen molar-refractivity contribution in [1.82, 2.24) is 0 Å². The maximum absolute atomic E-state index is 9.44. The van der Waals surface area contributed by atoms with Crippen LogP contribution < -0.4 is 10.6 Å². The summed E-state index contributed by atoms with van der Waals surface area (Å²) in [5.74, 6) is 0. The van der Waals surface area contributed by atoms with Crippen molar-refractivity contribution in [1.29, 1.82) is 0 Å². The summed E-state index contributed by atoms with van der Waals surface area (Å²) in [6.45, 7) is 3.82. The maximum atomic E-state index is 9.44. The van der Waals surface area contributed by atoms with E-state index in [0.717, 1.165) is 42.9 Å². The minimum Gasteiger partial charge on any atom is -0.397 e. The molecule has 1 aromatic rings. The van der Waals surface area contributed by atoms with E-state index in [2.05, 4.69) is 11.0 Å². The van der Waals surface area contributed by atoms with Gasteiger partial charge in [0.15, 0.2) is 0 Å². The molecule has 3 N–H and O–H groups in total. The first kappa shape index (κ1) is 10.3. The Morgan fingerprint density at radius 3 is 2.67 bits per heavy atom. The Morgan fingerprint density at radius 2 is 2.00 bits per heavy atom. The van der Waals surface area contributed by atoms with Gasteiger partial charge in [-0.25, -0.2) is 0 Å². The van der Waals surface area contributed by atoms with E-state index in [1.54, 1.807) is 0 Å². The zero-order valence-corrected chi connectivity index (χ0v) is 9.11. The van der Waals surface area contributed by atoms with Gasteiger partial charge in [0.05, 0.1) is 17.5 Å². The van der Waals surface area contributed by atoms with Gasteiger partial charge in [-0.15, -0.1) is 0 Å². The average molecular weight is 206 g/mol. The normalized spacial score (nSPS) is 18.1. The molecule has 82 valence electrons. The van der Waals surface area contributed by atoms with Gasteiger partial charge in [-0.2, -0.15) is 0 Å². The second-order valence-electron chi connectivity index (χ2n) is 4.23. The van der Waals surface area contributed by atoms with Gasteiger partial charge in [0.25, 0.3) is 0 Å². The number of nitrogen functional groups attached to an aromatic ring is 1. The molecule has 1 aliphatic heterocycles. The molecular weight excluding hydrogens is 188 g/mol. The molecule has 0 amide bonds. The van der Waals surface area contributed by atoms with E-state index in [4.69, 9.17) is 5.73 Å². The summed E-state index contributed by atoms with van der Waals surface area (Å²) < 4.78 is 0. The topological polar surface area (TPSA) is 49.5 Å². The van der Waals surface area contributed by atoms with Crippen LogP contribution in [0.4, 0.5) is 11.4 Å². The Labute approximate surface area is 90.5 Å². The predicted molar refractivity (Wildman–Crippen MR) is 63.0 cm³/mol. The largest absolute Gasteiger partial charge is 0.397 e. The fourth-order valence-electron chi connectivity index (χ4n) is 2.05.